The van der Waals surface area contributed by atoms with Gasteiger partial charge >= 0.3 is 0 Å². The number of furan rings is 1. The van der Waals surface area contributed by atoms with Gasteiger partial charge in [0.05, 0.1) is 11.6 Å². The van der Waals surface area contributed by atoms with Crippen molar-refractivity contribution in [2.24, 2.45) is 0 Å². The molecule has 0 saturated heterocycles. The van der Waals surface area contributed by atoms with E-state index in [1.165, 1.54) is 0 Å². The maximum Gasteiger partial charge on any atom is 0.235 e. The minimum Gasteiger partial charge on any atom is -0.485 e. The highest BCUT2D eigenvalue weighted by Gasteiger charge is 2.13. The van der Waals surface area contributed by atoms with Gasteiger partial charge in [0.15, 0.2) is 12.4 Å². The van der Waals surface area contributed by atoms with E-state index in [0.29, 0.717) is 16.9 Å². The Labute approximate surface area is 121 Å². The number of carbonyl (C=O) groups is 1. The number of benzene rings is 2. The van der Waals surface area contributed by atoms with Gasteiger partial charge in [-0.1, -0.05) is 24.3 Å². The van der Waals surface area contributed by atoms with E-state index in [9.17, 15) is 4.79 Å². The minimum absolute atomic E-state index is 0.130. The van der Waals surface area contributed by atoms with Crippen LogP contribution in [0.15, 0.2) is 59.0 Å². The van der Waals surface area contributed by atoms with Gasteiger partial charge in [-0.15, -0.1) is 0 Å². The Bertz CT molecular complexity index is 809. The summed E-state index contributed by atoms with van der Waals surface area (Å²) < 4.78 is 10.9. The summed E-state index contributed by atoms with van der Waals surface area (Å²) in [5.41, 5.74) is 1.16. The van der Waals surface area contributed by atoms with E-state index in [2.05, 4.69) is 0 Å². The number of para-hydroxylation sites is 1. The van der Waals surface area contributed by atoms with Gasteiger partial charge in [-0.3, -0.25) is 4.79 Å². The lowest BCUT2D eigenvalue weighted by Gasteiger charge is -2.04. The number of ether oxygens (including phenoxy) is 1. The monoisotopic (exact) mass is 277 g/mol. The fourth-order valence-electron chi connectivity index (χ4n) is 1.99. The zero-order chi connectivity index (χ0) is 14.7. The molecule has 3 rings (SSSR count). The number of ketones is 1. The molecule has 21 heavy (non-hydrogen) atoms. The van der Waals surface area contributed by atoms with E-state index in [1.807, 2.05) is 30.3 Å². The topological polar surface area (TPSA) is 63.2 Å². The largest absolute Gasteiger partial charge is 0.485 e. The normalized spacial score (nSPS) is 10.2. The van der Waals surface area contributed by atoms with Gasteiger partial charge < -0.3 is 9.15 Å². The molecule has 4 nitrogen and oxygen atoms in total. The third-order valence-corrected chi connectivity index (χ3v) is 3.03. The standard InChI is InChI=1S/C17H11NO3/c18-10-12-4-3-6-14(8-12)20-11-15(19)17-9-13-5-1-2-7-16(13)21-17/h1-9H,11H2. The molecule has 102 valence electrons. The zero-order valence-electron chi connectivity index (χ0n) is 11.1. The molecule has 0 radical (unpaired) electrons. The number of hydrogen-bond acceptors (Lipinski definition) is 4. The summed E-state index contributed by atoms with van der Waals surface area (Å²) in [7, 11) is 0. The van der Waals surface area contributed by atoms with Crippen molar-refractivity contribution < 1.29 is 13.9 Å². The van der Waals surface area contributed by atoms with Crippen molar-refractivity contribution in [3.05, 3.63) is 65.9 Å². The van der Waals surface area contributed by atoms with Crippen molar-refractivity contribution >= 4 is 16.8 Å². The maximum absolute atomic E-state index is 12.1. The van der Waals surface area contributed by atoms with Gasteiger partial charge in [-0.25, -0.2) is 0 Å². The van der Waals surface area contributed by atoms with Crippen LogP contribution in [0.3, 0.4) is 0 Å². The van der Waals surface area contributed by atoms with Crippen LogP contribution in [0.2, 0.25) is 0 Å². The first-order chi connectivity index (χ1) is 10.3. The predicted octanol–water partition coefficient (Wildman–Crippen LogP) is 3.57. The summed E-state index contributed by atoms with van der Waals surface area (Å²) >= 11 is 0. The molecule has 3 aromatic rings. The van der Waals surface area contributed by atoms with E-state index in [4.69, 9.17) is 14.4 Å². The molecule has 0 bridgehead atoms. The maximum atomic E-state index is 12.1. The zero-order valence-corrected chi connectivity index (χ0v) is 11.1. The minimum atomic E-state index is -0.242. The fourth-order valence-corrected chi connectivity index (χ4v) is 1.99. The highest BCUT2D eigenvalue weighted by molar-refractivity contribution is 5.98. The molecule has 4 heteroatoms. The summed E-state index contributed by atoms with van der Waals surface area (Å²) in [6, 6.07) is 17.8. The molecule has 1 aromatic heterocycles. The van der Waals surface area contributed by atoms with Crippen LogP contribution < -0.4 is 4.74 Å². The molecule has 0 spiro atoms. The van der Waals surface area contributed by atoms with Crippen molar-refractivity contribution in [3.63, 3.8) is 0 Å². The van der Waals surface area contributed by atoms with Gasteiger partial charge in [0.25, 0.3) is 0 Å². The molecular formula is C17H11NO3. The molecule has 0 aliphatic rings. The lowest BCUT2D eigenvalue weighted by atomic mass is 10.2. The van der Waals surface area contributed by atoms with Crippen LogP contribution in [0, 0.1) is 11.3 Å². The smallest absolute Gasteiger partial charge is 0.235 e. The lowest BCUT2D eigenvalue weighted by molar-refractivity contribution is 0.0896. The molecule has 0 N–H and O–H groups in total. The molecule has 0 aliphatic heterocycles. The van der Waals surface area contributed by atoms with Crippen molar-refractivity contribution in [3.8, 4) is 11.8 Å². The Morgan fingerprint density at radius 2 is 2.00 bits per heavy atom. The first-order valence-electron chi connectivity index (χ1n) is 6.41. The van der Waals surface area contributed by atoms with Crippen molar-refractivity contribution in [2.75, 3.05) is 6.61 Å². The van der Waals surface area contributed by atoms with E-state index < -0.39 is 0 Å². The Morgan fingerprint density at radius 3 is 2.81 bits per heavy atom. The quantitative estimate of drug-likeness (QED) is 0.684. The average molecular weight is 277 g/mol. The van der Waals surface area contributed by atoms with E-state index in [1.54, 1.807) is 30.3 Å². The first-order valence-corrected chi connectivity index (χ1v) is 6.41. The number of nitrogens with zero attached hydrogens (tertiary/aromatic N) is 1. The van der Waals surface area contributed by atoms with Gasteiger partial charge in [-0.2, -0.15) is 5.26 Å². The third-order valence-electron chi connectivity index (χ3n) is 3.03. The summed E-state index contributed by atoms with van der Waals surface area (Å²) in [6.07, 6.45) is 0. The van der Waals surface area contributed by atoms with Gasteiger partial charge in [0.2, 0.25) is 5.78 Å². The fraction of sp³-hybridized carbons (Fsp3) is 0.0588. The number of carbonyl (C=O) groups excluding carboxylic acids is 1. The van der Waals surface area contributed by atoms with Crippen LogP contribution in [-0.4, -0.2) is 12.4 Å². The SMILES string of the molecule is N#Cc1cccc(OCC(=O)c2cc3ccccc3o2)c1. The van der Waals surface area contributed by atoms with E-state index in [0.717, 1.165) is 5.39 Å². The van der Waals surface area contributed by atoms with E-state index >= 15 is 0 Å². The van der Waals surface area contributed by atoms with Gasteiger partial charge in [-0.05, 0) is 30.3 Å². The summed E-state index contributed by atoms with van der Waals surface area (Å²) in [4.78, 5) is 12.1. The highest BCUT2D eigenvalue weighted by Crippen LogP contribution is 2.19. The average Bonchev–Trinajstić information content (AvgIpc) is 2.97. The molecule has 0 unspecified atom stereocenters. The van der Waals surface area contributed by atoms with Crippen LogP contribution in [0.25, 0.3) is 11.0 Å². The lowest BCUT2D eigenvalue weighted by Crippen LogP contribution is -2.10. The Balaban J connectivity index is 1.72. The highest BCUT2D eigenvalue weighted by atomic mass is 16.5. The molecule has 1 heterocycles. The van der Waals surface area contributed by atoms with Crippen LogP contribution >= 0.6 is 0 Å². The van der Waals surface area contributed by atoms with Crippen molar-refractivity contribution in [1.82, 2.24) is 0 Å². The summed E-state index contributed by atoms with van der Waals surface area (Å²) in [5.74, 6) is 0.514. The van der Waals surface area contributed by atoms with Crippen LogP contribution in [0.1, 0.15) is 16.1 Å². The van der Waals surface area contributed by atoms with Crippen LogP contribution in [0.4, 0.5) is 0 Å². The first kappa shape index (κ1) is 12.9. The molecule has 2 aromatic carbocycles. The Hall–Kier alpha value is -3.06. The second-order valence-electron chi connectivity index (χ2n) is 4.50. The van der Waals surface area contributed by atoms with E-state index in [-0.39, 0.29) is 18.2 Å². The van der Waals surface area contributed by atoms with Crippen LogP contribution in [-0.2, 0) is 0 Å². The number of fused-ring (bicyclic) bond motifs is 1. The number of hydrogen-bond donors (Lipinski definition) is 0. The van der Waals surface area contributed by atoms with Gasteiger partial charge in [0.1, 0.15) is 11.3 Å². The molecule has 0 aliphatic carbocycles. The second kappa shape index (κ2) is 5.51. The van der Waals surface area contributed by atoms with Crippen molar-refractivity contribution in [2.45, 2.75) is 0 Å². The van der Waals surface area contributed by atoms with Gasteiger partial charge in [0, 0.05) is 5.39 Å². The molecule has 0 atom stereocenters. The summed E-state index contributed by atoms with van der Waals surface area (Å²) in [6.45, 7) is -0.130. The van der Waals surface area contributed by atoms with Crippen LogP contribution in [0.5, 0.6) is 5.75 Å². The molecule has 0 fully saturated rings. The molecular weight excluding hydrogens is 266 g/mol. The molecule has 0 saturated carbocycles. The van der Waals surface area contributed by atoms with Crippen molar-refractivity contribution in [1.29, 1.82) is 5.26 Å². The summed E-state index contributed by atoms with van der Waals surface area (Å²) in [5, 5.41) is 9.69. The Morgan fingerprint density at radius 1 is 1.14 bits per heavy atom. The number of nitriles is 1. The number of rotatable bonds is 4. The number of Topliss-reactive ketones (excluding diaryl/α,β-unsaturated/α-hetero) is 1. The molecule has 0 amide bonds. The Kier molecular flexibility index (Phi) is 3.40. The third kappa shape index (κ3) is 2.77. The second-order valence-corrected chi connectivity index (χ2v) is 4.50. The predicted molar refractivity (Wildman–Crippen MR) is 77.2 cm³/mol.